The van der Waals surface area contributed by atoms with E-state index in [1.54, 1.807) is 17.1 Å². The number of hydrogen-bond donors (Lipinski definition) is 1. The maximum atomic E-state index is 12.4. The first kappa shape index (κ1) is 14.9. The summed E-state index contributed by atoms with van der Waals surface area (Å²) in [4.78, 5) is 14.2. The van der Waals surface area contributed by atoms with Gasteiger partial charge in [-0.25, -0.2) is 0 Å². The van der Waals surface area contributed by atoms with Crippen molar-refractivity contribution in [2.75, 3.05) is 13.2 Å². The predicted octanol–water partition coefficient (Wildman–Crippen LogP) is 3.07. The topological polar surface area (TPSA) is 53.7 Å². The Balaban J connectivity index is 1.75. The molecule has 1 N–H and O–H groups in total. The van der Waals surface area contributed by atoms with Crippen LogP contribution in [0.3, 0.4) is 0 Å². The highest BCUT2D eigenvalue weighted by atomic mass is 16.3. The third-order valence-corrected chi connectivity index (χ3v) is 4.42. The second kappa shape index (κ2) is 6.36. The number of nitrogens with zero attached hydrogens (tertiary/aromatic N) is 1. The number of rotatable bonds is 3. The van der Waals surface area contributed by atoms with Crippen molar-refractivity contribution >= 4 is 23.0 Å². The Kier molecular flexibility index (Phi) is 4.29. The summed E-state index contributed by atoms with van der Waals surface area (Å²) in [6, 6.07) is 9.60. The van der Waals surface area contributed by atoms with Crippen LogP contribution in [-0.4, -0.2) is 35.1 Å². The largest absolute Gasteiger partial charge is 0.457 e. The first-order valence-corrected chi connectivity index (χ1v) is 7.77. The number of amides is 1. The summed E-state index contributed by atoms with van der Waals surface area (Å²) in [7, 11) is 0. The monoisotopic (exact) mass is 299 g/mol. The molecule has 1 fully saturated rings. The number of aliphatic hydroxyl groups is 1. The number of piperidine rings is 1. The van der Waals surface area contributed by atoms with Crippen LogP contribution in [0.25, 0.3) is 17.0 Å². The standard InChI is InChI=1S/C18H21NO3/c1-13-5-4-10-19(16(13)12-20)18(21)9-8-15-11-14-6-2-3-7-17(14)22-15/h2-3,6-9,11,13,16,20H,4-5,10,12H2,1H3/b9-8+. The molecule has 1 saturated heterocycles. The van der Waals surface area contributed by atoms with Crippen molar-refractivity contribution in [1.82, 2.24) is 4.90 Å². The number of para-hydroxylation sites is 1. The lowest BCUT2D eigenvalue weighted by Crippen LogP contribution is -2.49. The minimum Gasteiger partial charge on any atom is -0.457 e. The summed E-state index contributed by atoms with van der Waals surface area (Å²) in [6.45, 7) is 2.81. The van der Waals surface area contributed by atoms with Crippen molar-refractivity contribution in [3.8, 4) is 0 Å². The van der Waals surface area contributed by atoms with Crippen molar-refractivity contribution < 1.29 is 14.3 Å². The Hall–Kier alpha value is -2.07. The summed E-state index contributed by atoms with van der Waals surface area (Å²) in [5, 5.41) is 10.5. The van der Waals surface area contributed by atoms with Gasteiger partial charge < -0.3 is 14.4 Å². The van der Waals surface area contributed by atoms with Crippen molar-refractivity contribution in [1.29, 1.82) is 0 Å². The van der Waals surface area contributed by atoms with Gasteiger partial charge in [0.05, 0.1) is 12.6 Å². The first-order valence-electron chi connectivity index (χ1n) is 7.77. The second-order valence-electron chi connectivity index (χ2n) is 5.92. The van der Waals surface area contributed by atoms with Crippen LogP contribution in [0.15, 0.2) is 40.8 Å². The van der Waals surface area contributed by atoms with Gasteiger partial charge >= 0.3 is 0 Å². The highest BCUT2D eigenvalue weighted by molar-refractivity contribution is 5.92. The van der Waals surface area contributed by atoms with Gasteiger partial charge in [0.25, 0.3) is 0 Å². The fraction of sp³-hybridized carbons (Fsp3) is 0.389. The zero-order valence-electron chi connectivity index (χ0n) is 12.7. The number of carbonyl (C=O) groups is 1. The van der Waals surface area contributed by atoms with Crippen LogP contribution in [0, 0.1) is 5.92 Å². The van der Waals surface area contributed by atoms with E-state index in [0.717, 1.165) is 23.8 Å². The molecule has 0 saturated carbocycles. The molecule has 1 aromatic heterocycles. The number of aliphatic hydroxyl groups excluding tert-OH is 1. The van der Waals surface area contributed by atoms with Crippen molar-refractivity contribution in [3.05, 3.63) is 42.2 Å². The zero-order valence-corrected chi connectivity index (χ0v) is 12.7. The summed E-state index contributed by atoms with van der Waals surface area (Å²) < 4.78 is 5.67. The zero-order chi connectivity index (χ0) is 15.5. The second-order valence-corrected chi connectivity index (χ2v) is 5.92. The van der Waals surface area contributed by atoms with E-state index in [4.69, 9.17) is 4.42 Å². The minimum atomic E-state index is -0.0819. The summed E-state index contributed by atoms with van der Waals surface area (Å²) in [5.41, 5.74) is 0.814. The number of furan rings is 1. The molecule has 1 aliphatic rings. The third kappa shape index (κ3) is 2.92. The van der Waals surface area contributed by atoms with E-state index in [2.05, 4.69) is 6.92 Å². The Morgan fingerprint density at radius 2 is 2.27 bits per heavy atom. The Morgan fingerprint density at radius 1 is 1.45 bits per heavy atom. The van der Waals surface area contributed by atoms with Crippen LogP contribution < -0.4 is 0 Å². The molecule has 0 bridgehead atoms. The average molecular weight is 299 g/mol. The van der Waals surface area contributed by atoms with Gasteiger partial charge in [-0.3, -0.25) is 4.79 Å². The molecule has 22 heavy (non-hydrogen) atoms. The number of carbonyl (C=O) groups excluding carboxylic acids is 1. The van der Waals surface area contributed by atoms with Gasteiger partial charge in [-0.05, 0) is 37.0 Å². The van der Waals surface area contributed by atoms with Gasteiger partial charge in [-0.2, -0.15) is 0 Å². The maximum Gasteiger partial charge on any atom is 0.247 e. The Morgan fingerprint density at radius 3 is 3.05 bits per heavy atom. The maximum absolute atomic E-state index is 12.4. The lowest BCUT2D eigenvalue weighted by Gasteiger charge is -2.38. The fourth-order valence-electron chi connectivity index (χ4n) is 3.13. The highest BCUT2D eigenvalue weighted by Crippen LogP contribution is 2.24. The van der Waals surface area contributed by atoms with Crippen LogP contribution >= 0.6 is 0 Å². The predicted molar refractivity (Wildman–Crippen MR) is 86.2 cm³/mol. The fourth-order valence-corrected chi connectivity index (χ4v) is 3.13. The molecule has 0 aliphatic carbocycles. The van der Waals surface area contributed by atoms with E-state index in [0.29, 0.717) is 18.2 Å². The van der Waals surface area contributed by atoms with Crippen molar-refractivity contribution in [2.24, 2.45) is 5.92 Å². The molecule has 2 heterocycles. The molecule has 116 valence electrons. The highest BCUT2D eigenvalue weighted by Gasteiger charge is 2.30. The van der Waals surface area contributed by atoms with Crippen LogP contribution in [0.1, 0.15) is 25.5 Å². The number of hydrogen-bond acceptors (Lipinski definition) is 3. The Labute approximate surface area is 130 Å². The molecule has 2 atom stereocenters. The molecule has 2 aromatic rings. The number of fused-ring (bicyclic) bond motifs is 1. The summed E-state index contributed by atoms with van der Waals surface area (Å²) in [6.07, 6.45) is 5.29. The number of likely N-dealkylation sites (tertiary alicyclic amines) is 1. The molecule has 1 amide bonds. The molecule has 4 heteroatoms. The molecular formula is C18H21NO3. The quantitative estimate of drug-likeness (QED) is 0.886. The van der Waals surface area contributed by atoms with E-state index < -0.39 is 0 Å². The lowest BCUT2D eigenvalue weighted by atomic mass is 9.91. The van der Waals surface area contributed by atoms with Gasteiger partial charge in [-0.15, -0.1) is 0 Å². The van der Waals surface area contributed by atoms with E-state index in [-0.39, 0.29) is 18.6 Å². The van der Waals surface area contributed by atoms with Gasteiger partial charge in [0.1, 0.15) is 11.3 Å². The van der Waals surface area contributed by atoms with Gasteiger partial charge in [0.2, 0.25) is 5.91 Å². The van der Waals surface area contributed by atoms with Crippen LogP contribution in [0.2, 0.25) is 0 Å². The average Bonchev–Trinajstić information content (AvgIpc) is 2.95. The van der Waals surface area contributed by atoms with Gasteiger partial charge in [0.15, 0.2) is 0 Å². The Bertz CT molecular complexity index is 655. The normalized spacial score (nSPS) is 22.5. The number of benzene rings is 1. The van der Waals surface area contributed by atoms with E-state index in [1.807, 2.05) is 30.3 Å². The van der Waals surface area contributed by atoms with Crippen LogP contribution in [0.5, 0.6) is 0 Å². The molecular weight excluding hydrogens is 278 g/mol. The van der Waals surface area contributed by atoms with E-state index in [9.17, 15) is 9.90 Å². The molecule has 3 rings (SSSR count). The molecule has 0 radical (unpaired) electrons. The van der Waals surface area contributed by atoms with Crippen molar-refractivity contribution in [2.45, 2.75) is 25.8 Å². The van der Waals surface area contributed by atoms with Gasteiger partial charge in [0, 0.05) is 18.0 Å². The SMILES string of the molecule is CC1CCCN(C(=O)/C=C/c2cc3ccccc3o2)C1CO. The third-order valence-electron chi connectivity index (χ3n) is 4.42. The minimum absolute atomic E-state index is 0.0192. The molecule has 1 aromatic carbocycles. The first-order chi connectivity index (χ1) is 10.7. The van der Waals surface area contributed by atoms with Crippen LogP contribution in [0.4, 0.5) is 0 Å². The summed E-state index contributed by atoms with van der Waals surface area (Å²) in [5.74, 6) is 0.938. The smallest absolute Gasteiger partial charge is 0.247 e. The van der Waals surface area contributed by atoms with Crippen LogP contribution in [-0.2, 0) is 4.79 Å². The molecule has 2 unspecified atom stereocenters. The van der Waals surface area contributed by atoms with Crippen molar-refractivity contribution in [3.63, 3.8) is 0 Å². The lowest BCUT2D eigenvalue weighted by molar-refractivity contribution is -0.132. The van der Waals surface area contributed by atoms with Gasteiger partial charge in [-0.1, -0.05) is 25.1 Å². The molecule has 4 nitrogen and oxygen atoms in total. The van der Waals surface area contributed by atoms with E-state index >= 15 is 0 Å². The van der Waals surface area contributed by atoms with E-state index in [1.165, 1.54) is 0 Å². The summed E-state index contributed by atoms with van der Waals surface area (Å²) >= 11 is 0. The molecule has 0 spiro atoms. The molecule has 1 aliphatic heterocycles.